The molecule has 1 saturated heterocycles. The van der Waals surface area contributed by atoms with Crippen LogP contribution in [-0.2, 0) is 9.59 Å². The first-order valence-electron chi connectivity index (χ1n) is 15.8. The van der Waals surface area contributed by atoms with E-state index < -0.39 is 0 Å². The summed E-state index contributed by atoms with van der Waals surface area (Å²) in [5.41, 5.74) is 3.93. The van der Waals surface area contributed by atoms with Gasteiger partial charge in [0, 0.05) is 29.5 Å². The normalized spacial score (nSPS) is 43.6. The predicted molar refractivity (Wildman–Crippen MR) is 157 cm³/mol. The SMILES string of the molecule is CC[C@@]12CC[C@@]3(C)C4=CC(=O)C(O)=C(C)C4=CC=C3[C@@]1(C)CC[C@@]1(C)CC[C@@](C)(C(=O)N3CCC(O)CC3)C[C@H]12. The van der Waals surface area contributed by atoms with Gasteiger partial charge in [0.05, 0.1) is 6.10 Å². The van der Waals surface area contributed by atoms with Crippen molar-refractivity contribution in [2.75, 3.05) is 13.1 Å². The van der Waals surface area contributed by atoms with Crippen LogP contribution in [0, 0.1) is 33.0 Å². The zero-order valence-electron chi connectivity index (χ0n) is 25.5. The standard InChI is InChI=1S/C35H49NO4/c1-7-35-17-15-33(5)25-20-26(38)29(39)22(2)24(25)8-9-27(33)34(35,6)16-14-31(3)12-13-32(4,21-28(31)35)30(40)36-18-10-23(37)11-19-36/h8-9,20,23,28,37,39H,7,10-19,21H2,1-6H3/t28-,31-,32-,33+,34-,35+/m1/s1. The van der Waals surface area contributed by atoms with E-state index in [2.05, 4.69) is 46.8 Å². The van der Waals surface area contributed by atoms with Crippen LogP contribution in [0.3, 0.4) is 0 Å². The zero-order chi connectivity index (χ0) is 28.9. The fraction of sp³-hybridized carbons (Fsp3) is 0.714. The second-order valence-electron chi connectivity index (χ2n) is 15.2. The summed E-state index contributed by atoms with van der Waals surface area (Å²) in [5, 5.41) is 20.5. The molecule has 4 fully saturated rings. The summed E-state index contributed by atoms with van der Waals surface area (Å²) in [4.78, 5) is 28.9. The van der Waals surface area contributed by atoms with Crippen molar-refractivity contribution in [2.45, 2.75) is 112 Å². The number of carbonyl (C=O) groups excluding carboxylic acids is 2. The van der Waals surface area contributed by atoms with Crippen LogP contribution in [0.4, 0.5) is 0 Å². The molecule has 0 radical (unpaired) electrons. The average molecular weight is 548 g/mol. The van der Waals surface area contributed by atoms with Crippen molar-refractivity contribution in [3.05, 3.63) is 46.3 Å². The van der Waals surface area contributed by atoms with Crippen molar-refractivity contribution in [2.24, 2.45) is 33.0 Å². The number of hydrogen-bond donors (Lipinski definition) is 2. The van der Waals surface area contributed by atoms with Gasteiger partial charge in [0.1, 0.15) is 0 Å². The van der Waals surface area contributed by atoms with Gasteiger partial charge in [0.2, 0.25) is 11.7 Å². The lowest BCUT2D eigenvalue weighted by molar-refractivity contribution is -0.182. The number of hydrogen-bond acceptors (Lipinski definition) is 4. The number of piperidine rings is 1. The fourth-order valence-electron chi connectivity index (χ4n) is 10.7. The maximum atomic E-state index is 14.1. The minimum Gasteiger partial charge on any atom is -0.504 e. The van der Waals surface area contributed by atoms with Crippen molar-refractivity contribution >= 4 is 11.7 Å². The summed E-state index contributed by atoms with van der Waals surface area (Å²) in [6, 6.07) is 0. The van der Waals surface area contributed by atoms with Crippen molar-refractivity contribution in [1.82, 2.24) is 4.90 Å². The molecule has 5 heteroatoms. The number of likely N-dealkylation sites (tertiary alicyclic amines) is 1. The molecule has 1 amide bonds. The molecule has 6 atom stereocenters. The van der Waals surface area contributed by atoms with E-state index in [0.717, 1.165) is 62.5 Å². The maximum absolute atomic E-state index is 14.1. The molecule has 2 N–H and O–H groups in total. The summed E-state index contributed by atoms with van der Waals surface area (Å²) in [7, 11) is 0. The highest BCUT2D eigenvalue weighted by atomic mass is 16.3. The van der Waals surface area contributed by atoms with E-state index in [0.29, 0.717) is 43.3 Å². The number of ketones is 1. The van der Waals surface area contributed by atoms with Crippen molar-refractivity contribution in [3.63, 3.8) is 0 Å². The Hall–Kier alpha value is -2.14. The molecule has 40 heavy (non-hydrogen) atoms. The molecule has 5 nitrogen and oxygen atoms in total. The number of carbonyl (C=O) groups is 2. The van der Waals surface area contributed by atoms with E-state index in [-0.39, 0.29) is 44.7 Å². The van der Waals surface area contributed by atoms with Crippen LogP contribution in [0.2, 0.25) is 0 Å². The van der Waals surface area contributed by atoms with Crippen LogP contribution in [0.25, 0.3) is 0 Å². The minimum atomic E-state index is -0.362. The lowest BCUT2D eigenvalue weighted by atomic mass is 9.33. The highest BCUT2D eigenvalue weighted by molar-refractivity contribution is 6.06. The Bertz CT molecular complexity index is 1280. The van der Waals surface area contributed by atoms with Gasteiger partial charge in [-0.15, -0.1) is 0 Å². The zero-order valence-corrected chi connectivity index (χ0v) is 25.5. The Morgan fingerprint density at radius 3 is 2.35 bits per heavy atom. The van der Waals surface area contributed by atoms with Crippen molar-refractivity contribution < 1.29 is 19.8 Å². The Kier molecular flexibility index (Phi) is 6.25. The minimum absolute atomic E-state index is 0.0293. The largest absolute Gasteiger partial charge is 0.504 e. The van der Waals surface area contributed by atoms with Gasteiger partial charge < -0.3 is 15.1 Å². The Morgan fingerprint density at radius 1 is 1.00 bits per heavy atom. The highest BCUT2D eigenvalue weighted by Crippen LogP contribution is 2.76. The predicted octanol–water partition coefficient (Wildman–Crippen LogP) is 6.99. The van der Waals surface area contributed by atoms with Crippen LogP contribution in [0.1, 0.15) is 106 Å². The third-order valence-electron chi connectivity index (χ3n) is 13.4. The fourth-order valence-corrected chi connectivity index (χ4v) is 10.7. The van der Waals surface area contributed by atoms with Gasteiger partial charge in [-0.3, -0.25) is 9.59 Å². The van der Waals surface area contributed by atoms with E-state index in [1.54, 1.807) is 6.08 Å². The first-order valence-corrected chi connectivity index (χ1v) is 15.8. The van der Waals surface area contributed by atoms with Crippen molar-refractivity contribution in [3.8, 4) is 0 Å². The summed E-state index contributed by atoms with van der Waals surface area (Å²) in [5.74, 6) is 0.360. The van der Waals surface area contributed by atoms with Gasteiger partial charge in [-0.1, -0.05) is 52.3 Å². The maximum Gasteiger partial charge on any atom is 0.228 e. The van der Waals surface area contributed by atoms with E-state index >= 15 is 0 Å². The number of allylic oxidation sites excluding steroid dienone is 7. The van der Waals surface area contributed by atoms with Crippen molar-refractivity contribution in [1.29, 1.82) is 0 Å². The Labute approximate surface area is 240 Å². The van der Waals surface area contributed by atoms with E-state index in [4.69, 9.17) is 0 Å². The molecule has 0 spiro atoms. The Morgan fingerprint density at radius 2 is 1.68 bits per heavy atom. The number of rotatable bonds is 2. The number of nitrogens with zero attached hydrogens (tertiary/aromatic N) is 1. The molecule has 218 valence electrons. The topological polar surface area (TPSA) is 77.8 Å². The van der Waals surface area contributed by atoms with E-state index in [1.165, 1.54) is 5.57 Å². The van der Waals surface area contributed by atoms with Crippen LogP contribution < -0.4 is 0 Å². The molecule has 0 aromatic heterocycles. The molecule has 1 heterocycles. The molecule has 0 bridgehead atoms. The molecule has 3 saturated carbocycles. The third-order valence-corrected chi connectivity index (χ3v) is 13.4. The van der Waals surface area contributed by atoms with Gasteiger partial charge in [-0.25, -0.2) is 0 Å². The third kappa shape index (κ3) is 3.55. The molecule has 6 aliphatic rings. The van der Waals surface area contributed by atoms with Crippen LogP contribution in [0.5, 0.6) is 0 Å². The average Bonchev–Trinajstić information content (AvgIpc) is 2.93. The molecule has 6 rings (SSSR count). The highest BCUT2D eigenvalue weighted by Gasteiger charge is 2.68. The number of aliphatic hydroxyl groups is 2. The number of fused-ring (bicyclic) bond motifs is 7. The summed E-state index contributed by atoms with van der Waals surface area (Å²) < 4.78 is 0. The quantitative estimate of drug-likeness (QED) is 0.391. The lowest BCUT2D eigenvalue weighted by Gasteiger charge is -2.71. The number of aliphatic hydroxyl groups excluding tert-OH is 2. The molecule has 0 aromatic carbocycles. The summed E-state index contributed by atoms with van der Waals surface area (Å²) >= 11 is 0. The number of amides is 1. The van der Waals surface area contributed by atoms with Crippen LogP contribution in [0.15, 0.2) is 46.3 Å². The van der Waals surface area contributed by atoms with Crippen LogP contribution in [-0.4, -0.2) is 46.0 Å². The first kappa shape index (κ1) is 28.0. The second-order valence-corrected chi connectivity index (χ2v) is 15.2. The monoisotopic (exact) mass is 547 g/mol. The molecule has 1 aliphatic heterocycles. The second kappa shape index (κ2) is 8.93. The summed E-state index contributed by atoms with van der Waals surface area (Å²) in [6.45, 7) is 15.2. The van der Waals surface area contributed by atoms with Gasteiger partial charge in [0.15, 0.2) is 5.76 Å². The molecule has 0 unspecified atom stereocenters. The van der Waals surface area contributed by atoms with Gasteiger partial charge in [-0.2, -0.15) is 0 Å². The molecular weight excluding hydrogens is 498 g/mol. The first-order chi connectivity index (χ1) is 18.7. The summed E-state index contributed by atoms with van der Waals surface area (Å²) in [6.07, 6.45) is 15.7. The van der Waals surface area contributed by atoms with Crippen LogP contribution >= 0.6 is 0 Å². The van der Waals surface area contributed by atoms with E-state index in [9.17, 15) is 19.8 Å². The lowest BCUT2D eigenvalue weighted by Crippen LogP contribution is -2.63. The van der Waals surface area contributed by atoms with Gasteiger partial charge >= 0.3 is 0 Å². The molecule has 5 aliphatic carbocycles. The van der Waals surface area contributed by atoms with Gasteiger partial charge in [-0.05, 0) is 111 Å². The molecular formula is C35H49NO4. The Balaban J connectivity index is 1.41. The smallest absolute Gasteiger partial charge is 0.228 e. The van der Waals surface area contributed by atoms with E-state index in [1.807, 2.05) is 11.8 Å². The molecule has 0 aromatic rings. The van der Waals surface area contributed by atoms with Gasteiger partial charge in [0.25, 0.3) is 0 Å².